The lowest BCUT2D eigenvalue weighted by Gasteiger charge is -2.14. The number of aromatic hydroxyl groups is 1. The Labute approximate surface area is 131 Å². The molecule has 0 fully saturated rings. The van der Waals surface area contributed by atoms with Crippen LogP contribution in [-0.4, -0.2) is 30.6 Å². The topological polar surface area (TPSA) is 72.8 Å². The molecule has 0 bridgehead atoms. The lowest BCUT2D eigenvalue weighted by molar-refractivity contribution is -0.120. The van der Waals surface area contributed by atoms with E-state index in [0.717, 1.165) is 0 Å². The highest BCUT2D eigenvalue weighted by atomic mass is 16.5. The number of carbonyl (C=O) groups is 2. The van der Waals surface area contributed by atoms with E-state index in [0.29, 0.717) is 25.4 Å². The molecule has 1 N–H and O–H groups in total. The first kappa shape index (κ1) is 18.0. The molecule has 0 aliphatic heterocycles. The van der Waals surface area contributed by atoms with Crippen molar-refractivity contribution in [3.8, 4) is 11.5 Å². The van der Waals surface area contributed by atoms with Crippen LogP contribution in [-0.2, 0) is 9.53 Å². The van der Waals surface area contributed by atoms with Crippen LogP contribution in [0.15, 0.2) is 18.2 Å². The maximum absolute atomic E-state index is 11.7. The second-order valence-corrected chi connectivity index (χ2v) is 5.93. The molecule has 22 heavy (non-hydrogen) atoms. The molecule has 5 heteroatoms. The molecule has 0 aromatic heterocycles. The van der Waals surface area contributed by atoms with Crippen LogP contribution >= 0.6 is 0 Å². The molecule has 0 heterocycles. The second kappa shape index (κ2) is 8.41. The van der Waals surface area contributed by atoms with Gasteiger partial charge >= 0.3 is 5.97 Å². The summed E-state index contributed by atoms with van der Waals surface area (Å²) in [7, 11) is 1.28. The van der Waals surface area contributed by atoms with Gasteiger partial charge in [-0.05, 0) is 30.0 Å². The molecule has 122 valence electrons. The zero-order chi connectivity index (χ0) is 16.7. The minimum atomic E-state index is -0.519. The van der Waals surface area contributed by atoms with Crippen LogP contribution in [0.4, 0.5) is 0 Å². The van der Waals surface area contributed by atoms with Gasteiger partial charge in [-0.3, -0.25) is 4.79 Å². The summed E-state index contributed by atoms with van der Waals surface area (Å²) in [6.45, 7) is 6.28. The summed E-state index contributed by atoms with van der Waals surface area (Å²) in [4.78, 5) is 23.1. The van der Waals surface area contributed by atoms with Gasteiger partial charge in [0, 0.05) is 12.8 Å². The van der Waals surface area contributed by atoms with Crippen LogP contribution < -0.4 is 4.74 Å². The maximum atomic E-state index is 11.7. The van der Waals surface area contributed by atoms with Gasteiger partial charge in [-0.15, -0.1) is 0 Å². The van der Waals surface area contributed by atoms with Crippen molar-refractivity contribution in [3.05, 3.63) is 23.8 Å². The number of ketones is 1. The van der Waals surface area contributed by atoms with Crippen LogP contribution in [0.25, 0.3) is 0 Å². The van der Waals surface area contributed by atoms with Crippen molar-refractivity contribution in [3.63, 3.8) is 0 Å². The minimum Gasteiger partial charge on any atom is -0.504 e. The van der Waals surface area contributed by atoms with E-state index >= 15 is 0 Å². The summed E-state index contributed by atoms with van der Waals surface area (Å²) >= 11 is 0. The Hall–Kier alpha value is -2.04. The predicted molar refractivity (Wildman–Crippen MR) is 83.2 cm³/mol. The van der Waals surface area contributed by atoms with Gasteiger partial charge in [0.05, 0.1) is 19.3 Å². The normalized spacial score (nSPS) is 12.0. The maximum Gasteiger partial charge on any atom is 0.337 e. The molecule has 1 aromatic carbocycles. The number of carbonyl (C=O) groups excluding carboxylic acids is 2. The van der Waals surface area contributed by atoms with Crippen molar-refractivity contribution in [1.29, 1.82) is 0 Å². The summed E-state index contributed by atoms with van der Waals surface area (Å²) < 4.78 is 10.1. The molecule has 0 aliphatic carbocycles. The fourth-order valence-electron chi connectivity index (χ4n) is 2.10. The number of phenols is 1. The number of ether oxygens (including phenoxy) is 2. The number of esters is 1. The van der Waals surface area contributed by atoms with Gasteiger partial charge in [0.1, 0.15) is 5.78 Å². The van der Waals surface area contributed by atoms with Gasteiger partial charge in [0.2, 0.25) is 0 Å². The van der Waals surface area contributed by atoms with E-state index in [1.165, 1.54) is 25.3 Å². The first-order valence-electron chi connectivity index (χ1n) is 7.39. The van der Waals surface area contributed by atoms with Gasteiger partial charge < -0.3 is 14.6 Å². The Morgan fingerprint density at radius 3 is 2.41 bits per heavy atom. The number of phenolic OH excluding ortho intramolecular Hbond substituents is 1. The molecule has 0 saturated heterocycles. The lowest BCUT2D eigenvalue weighted by Crippen LogP contribution is -2.14. The largest absolute Gasteiger partial charge is 0.504 e. The SMILES string of the molecule is COC(=O)c1ccc(OCC(C)CC(=O)CC(C)C)c(O)c1. The third-order valence-corrected chi connectivity index (χ3v) is 3.12. The van der Waals surface area contributed by atoms with E-state index < -0.39 is 5.97 Å². The van der Waals surface area contributed by atoms with E-state index in [2.05, 4.69) is 4.74 Å². The minimum absolute atomic E-state index is 0.0610. The van der Waals surface area contributed by atoms with Crippen molar-refractivity contribution in [2.75, 3.05) is 13.7 Å². The fraction of sp³-hybridized carbons (Fsp3) is 0.529. The van der Waals surface area contributed by atoms with Crippen molar-refractivity contribution >= 4 is 11.8 Å². The first-order chi connectivity index (χ1) is 10.3. The van der Waals surface area contributed by atoms with E-state index in [1.807, 2.05) is 20.8 Å². The Bertz CT molecular complexity index is 522. The number of methoxy groups -OCH3 is 1. The second-order valence-electron chi connectivity index (χ2n) is 5.93. The summed E-state index contributed by atoms with van der Waals surface area (Å²) in [5.74, 6) is 0.284. The summed E-state index contributed by atoms with van der Waals surface area (Å²) in [6, 6.07) is 4.34. The van der Waals surface area contributed by atoms with Crippen LogP contribution in [0, 0.1) is 11.8 Å². The highest BCUT2D eigenvalue weighted by molar-refractivity contribution is 5.90. The molecule has 1 aromatic rings. The van der Waals surface area contributed by atoms with Crippen molar-refractivity contribution in [1.82, 2.24) is 0 Å². The van der Waals surface area contributed by atoms with Crippen molar-refractivity contribution in [2.24, 2.45) is 11.8 Å². The Morgan fingerprint density at radius 1 is 1.18 bits per heavy atom. The van der Waals surface area contributed by atoms with E-state index in [4.69, 9.17) is 4.74 Å². The van der Waals surface area contributed by atoms with Crippen LogP contribution in [0.2, 0.25) is 0 Å². The number of hydrogen-bond donors (Lipinski definition) is 1. The smallest absolute Gasteiger partial charge is 0.337 e. The Balaban J connectivity index is 2.54. The predicted octanol–water partition coefficient (Wildman–Crippen LogP) is 3.20. The van der Waals surface area contributed by atoms with Gasteiger partial charge in [0.15, 0.2) is 11.5 Å². The van der Waals surface area contributed by atoms with Crippen LogP contribution in [0.3, 0.4) is 0 Å². The van der Waals surface area contributed by atoms with Crippen molar-refractivity contribution < 1.29 is 24.2 Å². The fourth-order valence-corrected chi connectivity index (χ4v) is 2.10. The number of hydrogen-bond acceptors (Lipinski definition) is 5. The molecular formula is C17H24O5. The third kappa shape index (κ3) is 5.76. The van der Waals surface area contributed by atoms with Crippen molar-refractivity contribution in [2.45, 2.75) is 33.6 Å². The zero-order valence-electron chi connectivity index (χ0n) is 13.6. The Morgan fingerprint density at radius 2 is 1.86 bits per heavy atom. The van der Waals surface area contributed by atoms with Gasteiger partial charge in [-0.2, -0.15) is 0 Å². The molecule has 1 rings (SSSR count). The lowest BCUT2D eigenvalue weighted by atomic mass is 9.99. The summed E-state index contributed by atoms with van der Waals surface area (Å²) in [5.41, 5.74) is 0.257. The molecule has 0 spiro atoms. The van der Waals surface area contributed by atoms with Gasteiger partial charge in [0.25, 0.3) is 0 Å². The van der Waals surface area contributed by atoms with Crippen LogP contribution in [0.1, 0.15) is 44.0 Å². The Kier molecular flexibility index (Phi) is 6.89. The third-order valence-electron chi connectivity index (χ3n) is 3.12. The number of rotatable bonds is 8. The summed E-state index contributed by atoms with van der Waals surface area (Å²) in [6.07, 6.45) is 1.03. The molecular weight excluding hydrogens is 284 g/mol. The molecule has 0 saturated carbocycles. The first-order valence-corrected chi connectivity index (χ1v) is 7.39. The van der Waals surface area contributed by atoms with Gasteiger partial charge in [-0.25, -0.2) is 4.79 Å². The van der Waals surface area contributed by atoms with Gasteiger partial charge in [-0.1, -0.05) is 20.8 Å². The molecule has 0 aliphatic rings. The van der Waals surface area contributed by atoms with E-state index in [-0.39, 0.29) is 28.8 Å². The van der Waals surface area contributed by atoms with E-state index in [9.17, 15) is 14.7 Å². The molecule has 1 atom stereocenters. The monoisotopic (exact) mass is 308 g/mol. The molecule has 0 amide bonds. The average Bonchev–Trinajstić information content (AvgIpc) is 2.44. The van der Waals surface area contributed by atoms with E-state index in [1.54, 1.807) is 0 Å². The number of Topliss-reactive ketones (excluding diaryl/α,β-unsaturated/α-hetero) is 1. The average molecular weight is 308 g/mol. The molecule has 0 radical (unpaired) electrons. The highest BCUT2D eigenvalue weighted by Gasteiger charge is 2.14. The quantitative estimate of drug-likeness (QED) is 0.747. The van der Waals surface area contributed by atoms with Crippen LogP contribution in [0.5, 0.6) is 11.5 Å². The highest BCUT2D eigenvalue weighted by Crippen LogP contribution is 2.27. The molecule has 5 nitrogen and oxygen atoms in total. The molecule has 1 unspecified atom stereocenters. The zero-order valence-corrected chi connectivity index (χ0v) is 13.6. The number of benzene rings is 1. The standard InChI is InChI=1S/C17H24O5/c1-11(2)7-14(18)8-12(3)10-22-16-6-5-13(9-15(16)19)17(20)21-4/h5-6,9,11-12,19H,7-8,10H2,1-4H3. The summed E-state index contributed by atoms with van der Waals surface area (Å²) in [5, 5.41) is 9.85.